The molecule has 52 valence electrons. The zero-order valence-corrected chi connectivity index (χ0v) is 7.07. The molecule has 0 aromatic rings. The van der Waals surface area contributed by atoms with E-state index in [2.05, 4.69) is 20.8 Å². The van der Waals surface area contributed by atoms with E-state index < -0.39 is 8.32 Å². The van der Waals surface area contributed by atoms with Crippen molar-refractivity contribution in [1.82, 2.24) is 0 Å². The van der Waals surface area contributed by atoms with Crippen LogP contribution >= 0.6 is 0 Å². The molecule has 0 aromatic carbocycles. The Morgan fingerprint density at radius 2 is 1.22 bits per heavy atom. The molecule has 1 nitrogen and oxygen atoms in total. The van der Waals surface area contributed by atoms with Crippen LogP contribution in [-0.2, 0) is 0 Å². The first kappa shape index (κ1) is 12.8. The molecule has 0 saturated heterocycles. The van der Waals surface area contributed by atoms with Crippen LogP contribution in [0.25, 0.3) is 0 Å². The van der Waals surface area contributed by atoms with E-state index in [0.29, 0.717) is 0 Å². The van der Waals surface area contributed by atoms with Crippen molar-refractivity contribution in [2.75, 3.05) is 0 Å². The van der Waals surface area contributed by atoms with Gasteiger partial charge in [0.15, 0.2) is 8.32 Å². The molecule has 0 aliphatic heterocycles. The molecular formula is C6H17NaOSi. The fourth-order valence-corrected chi connectivity index (χ4v) is 2.25. The summed E-state index contributed by atoms with van der Waals surface area (Å²) in [6.45, 7) is 6.25. The zero-order valence-electron chi connectivity index (χ0n) is 6.07. The minimum absolute atomic E-state index is 0. The van der Waals surface area contributed by atoms with E-state index in [-0.39, 0.29) is 29.6 Å². The van der Waals surface area contributed by atoms with Gasteiger partial charge in [0.2, 0.25) is 0 Å². The maximum absolute atomic E-state index is 9.58. The van der Waals surface area contributed by atoms with Crippen molar-refractivity contribution < 1.29 is 4.80 Å². The van der Waals surface area contributed by atoms with Crippen LogP contribution in [0.3, 0.4) is 0 Å². The predicted octanol–water partition coefficient (Wildman–Crippen LogP) is 1.34. The molecule has 0 aliphatic rings. The van der Waals surface area contributed by atoms with Gasteiger partial charge >= 0.3 is 29.6 Å². The first-order valence-electron chi connectivity index (χ1n) is 3.41. The summed E-state index contributed by atoms with van der Waals surface area (Å²) in [4.78, 5) is 9.58. The Morgan fingerprint density at radius 1 is 1.00 bits per heavy atom. The second-order valence-corrected chi connectivity index (χ2v) is 6.86. The summed E-state index contributed by atoms with van der Waals surface area (Å²) in [6, 6.07) is 3.04. The van der Waals surface area contributed by atoms with Crippen LogP contribution < -0.4 is 0 Å². The Balaban J connectivity index is 0. The molecule has 0 aromatic heterocycles. The summed E-state index contributed by atoms with van der Waals surface area (Å²) in [5, 5.41) is 0. The van der Waals surface area contributed by atoms with Crippen LogP contribution in [0.4, 0.5) is 0 Å². The maximum atomic E-state index is 9.58. The third kappa shape index (κ3) is 4.56. The SMILES string of the molecule is CC[Si](O)(CC)CC.[NaH]. The molecule has 0 rings (SSSR count). The summed E-state index contributed by atoms with van der Waals surface area (Å²) in [6.07, 6.45) is 0. The van der Waals surface area contributed by atoms with Crippen molar-refractivity contribution in [2.24, 2.45) is 0 Å². The number of rotatable bonds is 3. The van der Waals surface area contributed by atoms with Gasteiger partial charge in [0.05, 0.1) is 0 Å². The van der Waals surface area contributed by atoms with Crippen molar-refractivity contribution in [1.29, 1.82) is 0 Å². The Labute approximate surface area is 81.3 Å². The van der Waals surface area contributed by atoms with Crippen LogP contribution in [0, 0.1) is 0 Å². The third-order valence-corrected chi connectivity index (χ3v) is 5.92. The second kappa shape index (κ2) is 5.92. The summed E-state index contributed by atoms with van der Waals surface area (Å²) >= 11 is 0. The van der Waals surface area contributed by atoms with Crippen LogP contribution in [0.1, 0.15) is 20.8 Å². The normalized spacial score (nSPS) is 10.7. The van der Waals surface area contributed by atoms with Gasteiger partial charge in [0.1, 0.15) is 0 Å². The standard InChI is InChI=1S/C6H16OSi.Na.H/c1-4-8(7,5-2)6-3;;/h7H,4-6H2,1-3H3;;. The van der Waals surface area contributed by atoms with E-state index in [9.17, 15) is 4.80 Å². The molecule has 0 spiro atoms. The molecule has 9 heavy (non-hydrogen) atoms. The Hall–Kier alpha value is 1.18. The van der Waals surface area contributed by atoms with Gasteiger partial charge in [0, 0.05) is 0 Å². The molecule has 0 atom stereocenters. The first-order valence-corrected chi connectivity index (χ1v) is 5.97. The molecule has 0 unspecified atom stereocenters. The van der Waals surface area contributed by atoms with Crippen molar-refractivity contribution in [3.8, 4) is 0 Å². The molecule has 0 saturated carbocycles. The Bertz CT molecular complexity index is 55.8. The molecule has 0 heterocycles. The van der Waals surface area contributed by atoms with Gasteiger partial charge < -0.3 is 4.80 Å². The predicted molar refractivity (Wildman–Crippen MR) is 46.6 cm³/mol. The van der Waals surface area contributed by atoms with Gasteiger partial charge in [-0.3, -0.25) is 0 Å². The van der Waals surface area contributed by atoms with Crippen LogP contribution in [0.5, 0.6) is 0 Å². The molecule has 0 fully saturated rings. The molecule has 0 aliphatic carbocycles. The van der Waals surface area contributed by atoms with Crippen LogP contribution in [-0.4, -0.2) is 42.7 Å². The summed E-state index contributed by atoms with van der Waals surface area (Å²) < 4.78 is 0. The van der Waals surface area contributed by atoms with Gasteiger partial charge in [-0.05, 0) is 18.1 Å². The van der Waals surface area contributed by atoms with E-state index in [1.165, 1.54) is 0 Å². The summed E-state index contributed by atoms with van der Waals surface area (Å²) in [5.74, 6) is 0. The van der Waals surface area contributed by atoms with Crippen molar-refractivity contribution in [3.63, 3.8) is 0 Å². The van der Waals surface area contributed by atoms with Gasteiger partial charge in [-0.25, -0.2) is 0 Å². The average molecular weight is 156 g/mol. The number of hydrogen-bond donors (Lipinski definition) is 1. The van der Waals surface area contributed by atoms with Crippen molar-refractivity contribution in [2.45, 2.75) is 38.9 Å². The van der Waals surface area contributed by atoms with Gasteiger partial charge in [0.25, 0.3) is 0 Å². The van der Waals surface area contributed by atoms with Gasteiger partial charge in [-0.1, -0.05) is 20.8 Å². The van der Waals surface area contributed by atoms with E-state index in [0.717, 1.165) is 18.1 Å². The average Bonchev–Trinajstić information content (AvgIpc) is 1.87. The van der Waals surface area contributed by atoms with E-state index in [4.69, 9.17) is 0 Å². The van der Waals surface area contributed by atoms with Crippen molar-refractivity contribution >= 4 is 37.9 Å². The fraction of sp³-hybridized carbons (Fsp3) is 1.00. The van der Waals surface area contributed by atoms with Crippen molar-refractivity contribution in [3.05, 3.63) is 0 Å². The van der Waals surface area contributed by atoms with E-state index in [1.807, 2.05) is 0 Å². The monoisotopic (exact) mass is 156 g/mol. The number of hydrogen-bond acceptors (Lipinski definition) is 1. The van der Waals surface area contributed by atoms with E-state index >= 15 is 0 Å². The van der Waals surface area contributed by atoms with Crippen LogP contribution in [0.15, 0.2) is 0 Å². The Morgan fingerprint density at radius 3 is 1.22 bits per heavy atom. The topological polar surface area (TPSA) is 20.2 Å². The minimum atomic E-state index is -1.67. The van der Waals surface area contributed by atoms with Gasteiger partial charge in [-0.2, -0.15) is 0 Å². The molecule has 0 amide bonds. The molecule has 0 bridgehead atoms. The molecule has 3 heteroatoms. The van der Waals surface area contributed by atoms with Gasteiger partial charge in [-0.15, -0.1) is 0 Å². The first-order chi connectivity index (χ1) is 3.68. The summed E-state index contributed by atoms with van der Waals surface area (Å²) in [5.41, 5.74) is 0. The molecule has 0 radical (unpaired) electrons. The van der Waals surface area contributed by atoms with Crippen LogP contribution in [0.2, 0.25) is 18.1 Å². The molecule has 1 N–H and O–H groups in total. The Kier molecular flexibility index (Phi) is 8.44. The zero-order chi connectivity index (χ0) is 6.62. The second-order valence-electron chi connectivity index (χ2n) is 2.29. The molecular weight excluding hydrogens is 139 g/mol. The van der Waals surface area contributed by atoms with E-state index in [1.54, 1.807) is 0 Å². The summed E-state index contributed by atoms with van der Waals surface area (Å²) in [7, 11) is -1.67. The third-order valence-electron chi connectivity index (χ3n) is 1.97. The fourth-order valence-electron chi connectivity index (χ4n) is 0.750. The quantitative estimate of drug-likeness (QED) is 0.611.